The lowest BCUT2D eigenvalue weighted by Gasteiger charge is -2.22. The monoisotopic (exact) mass is 253 g/mol. The number of carbonyl (C=O) groups excluding carboxylic acids is 1. The molecule has 0 radical (unpaired) electrons. The SMILES string of the molecule is NC(=O)C1=C(c2ccccc2)Oc2ccccc2O1. The van der Waals surface area contributed by atoms with Crippen molar-refractivity contribution in [1.82, 2.24) is 0 Å². The van der Waals surface area contributed by atoms with Crippen molar-refractivity contribution in [3.05, 3.63) is 65.9 Å². The number of hydrogen-bond donors (Lipinski definition) is 1. The van der Waals surface area contributed by atoms with Crippen molar-refractivity contribution < 1.29 is 14.3 Å². The van der Waals surface area contributed by atoms with Crippen molar-refractivity contribution >= 4 is 11.7 Å². The first-order valence-electron chi connectivity index (χ1n) is 5.80. The van der Waals surface area contributed by atoms with Gasteiger partial charge in [0.2, 0.25) is 5.76 Å². The van der Waals surface area contributed by atoms with Crippen LogP contribution in [-0.2, 0) is 4.79 Å². The third-order valence-electron chi connectivity index (χ3n) is 2.74. The van der Waals surface area contributed by atoms with Crippen molar-refractivity contribution in [2.45, 2.75) is 0 Å². The maximum absolute atomic E-state index is 11.5. The molecule has 0 aliphatic carbocycles. The fourth-order valence-electron chi connectivity index (χ4n) is 1.87. The first kappa shape index (κ1) is 11.3. The van der Waals surface area contributed by atoms with E-state index in [0.717, 1.165) is 5.56 Å². The van der Waals surface area contributed by atoms with Crippen LogP contribution in [-0.4, -0.2) is 5.91 Å². The van der Waals surface area contributed by atoms with Gasteiger partial charge in [0.15, 0.2) is 17.3 Å². The summed E-state index contributed by atoms with van der Waals surface area (Å²) in [5, 5.41) is 0. The van der Waals surface area contributed by atoms with Gasteiger partial charge >= 0.3 is 0 Å². The third kappa shape index (κ3) is 2.04. The summed E-state index contributed by atoms with van der Waals surface area (Å²) in [6.45, 7) is 0. The summed E-state index contributed by atoms with van der Waals surface area (Å²) in [7, 11) is 0. The van der Waals surface area contributed by atoms with E-state index < -0.39 is 5.91 Å². The van der Waals surface area contributed by atoms with Gasteiger partial charge in [0.25, 0.3) is 5.91 Å². The van der Waals surface area contributed by atoms with E-state index in [4.69, 9.17) is 15.2 Å². The van der Waals surface area contributed by atoms with E-state index in [1.165, 1.54) is 0 Å². The van der Waals surface area contributed by atoms with E-state index in [0.29, 0.717) is 17.3 Å². The first-order valence-corrected chi connectivity index (χ1v) is 5.80. The molecule has 2 aromatic carbocycles. The van der Waals surface area contributed by atoms with Crippen LogP contribution < -0.4 is 15.2 Å². The molecule has 1 aliphatic heterocycles. The van der Waals surface area contributed by atoms with E-state index in [2.05, 4.69) is 0 Å². The van der Waals surface area contributed by atoms with Crippen LogP contribution in [0.15, 0.2) is 60.4 Å². The van der Waals surface area contributed by atoms with Crippen LogP contribution in [0.5, 0.6) is 11.5 Å². The average Bonchev–Trinajstić information content (AvgIpc) is 2.46. The van der Waals surface area contributed by atoms with E-state index in [-0.39, 0.29) is 5.76 Å². The lowest BCUT2D eigenvalue weighted by atomic mass is 10.1. The second kappa shape index (κ2) is 4.49. The fraction of sp³-hybridized carbons (Fsp3) is 0. The van der Waals surface area contributed by atoms with E-state index >= 15 is 0 Å². The van der Waals surface area contributed by atoms with Gasteiger partial charge in [-0.1, -0.05) is 42.5 Å². The van der Waals surface area contributed by atoms with Gasteiger partial charge < -0.3 is 15.2 Å². The number of carbonyl (C=O) groups is 1. The van der Waals surface area contributed by atoms with Crippen LogP contribution in [0.3, 0.4) is 0 Å². The molecule has 1 aliphatic rings. The van der Waals surface area contributed by atoms with Crippen LogP contribution in [0.4, 0.5) is 0 Å². The van der Waals surface area contributed by atoms with Crippen molar-refractivity contribution in [3.8, 4) is 11.5 Å². The number of hydrogen-bond acceptors (Lipinski definition) is 3. The van der Waals surface area contributed by atoms with Crippen LogP contribution in [0.1, 0.15) is 5.56 Å². The number of amides is 1. The molecule has 2 N–H and O–H groups in total. The molecule has 4 nitrogen and oxygen atoms in total. The molecule has 0 aromatic heterocycles. The number of fused-ring (bicyclic) bond motifs is 1. The maximum Gasteiger partial charge on any atom is 0.288 e. The summed E-state index contributed by atoms with van der Waals surface area (Å²) in [6, 6.07) is 16.4. The van der Waals surface area contributed by atoms with Crippen molar-refractivity contribution in [2.75, 3.05) is 0 Å². The minimum atomic E-state index is -0.659. The molecule has 0 saturated heterocycles. The number of benzene rings is 2. The zero-order valence-electron chi connectivity index (χ0n) is 10.00. The number of nitrogens with two attached hydrogens (primary N) is 1. The van der Waals surface area contributed by atoms with Gasteiger partial charge in [-0.3, -0.25) is 4.79 Å². The third-order valence-corrected chi connectivity index (χ3v) is 2.74. The molecule has 19 heavy (non-hydrogen) atoms. The molecule has 0 bridgehead atoms. The zero-order valence-corrected chi connectivity index (χ0v) is 10.00. The zero-order chi connectivity index (χ0) is 13.2. The summed E-state index contributed by atoms with van der Waals surface area (Å²) < 4.78 is 11.3. The molecule has 0 unspecified atom stereocenters. The summed E-state index contributed by atoms with van der Waals surface area (Å²) in [5.41, 5.74) is 6.09. The van der Waals surface area contributed by atoms with Crippen LogP contribution >= 0.6 is 0 Å². The number of ether oxygens (including phenoxy) is 2. The highest BCUT2D eigenvalue weighted by molar-refractivity contribution is 5.98. The van der Waals surface area contributed by atoms with Crippen LogP contribution in [0.25, 0.3) is 5.76 Å². The highest BCUT2D eigenvalue weighted by Crippen LogP contribution is 2.37. The molecule has 4 heteroatoms. The molecule has 0 atom stereocenters. The Morgan fingerprint density at radius 1 is 0.842 bits per heavy atom. The molecule has 0 spiro atoms. The summed E-state index contributed by atoms with van der Waals surface area (Å²) in [5.74, 6) is 0.743. The highest BCUT2D eigenvalue weighted by Gasteiger charge is 2.26. The largest absolute Gasteiger partial charge is 0.449 e. The molecule has 1 heterocycles. The maximum atomic E-state index is 11.5. The number of rotatable bonds is 2. The Morgan fingerprint density at radius 3 is 2.05 bits per heavy atom. The predicted octanol–water partition coefficient (Wildman–Crippen LogP) is 2.31. The van der Waals surface area contributed by atoms with Gasteiger partial charge in [-0.15, -0.1) is 0 Å². The Bertz CT molecular complexity index is 662. The minimum Gasteiger partial charge on any atom is -0.449 e. The molecule has 0 saturated carbocycles. The Balaban J connectivity index is 2.12. The predicted molar refractivity (Wildman–Crippen MR) is 70.3 cm³/mol. The Kier molecular flexibility index (Phi) is 2.68. The Morgan fingerprint density at radius 2 is 1.42 bits per heavy atom. The quantitative estimate of drug-likeness (QED) is 0.893. The number of primary amides is 1. The summed E-state index contributed by atoms with van der Waals surface area (Å²) in [6.07, 6.45) is 0. The van der Waals surface area contributed by atoms with E-state index in [9.17, 15) is 4.79 Å². The number of para-hydroxylation sites is 2. The van der Waals surface area contributed by atoms with Crippen molar-refractivity contribution in [2.24, 2.45) is 5.73 Å². The molecular weight excluding hydrogens is 242 g/mol. The van der Waals surface area contributed by atoms with E-state index in [1.807, 2.05) is 36.4 Å². The van der Waals surface area contributed by atoms with Gasteiger partial charge in [0, 0.05) is 5.56 Å². The molecule has 0 fully saturated rings. The second-order valence-corrected chi connectivity index (χ2v) is 4.04. The average molecular weight is 253 g/mol. The van der Waals surface area contributed by atoms with Gasteiger partial charge in [0.05, 0.1) is 0 Å². The summed E-state index contributed by atoms with van der Waals surface area (Å²) >= 11 is 0. The lowest BCUT2D eigenvalue weighted by molar-refractivity contribution is -0.116. The Labute approximate surface area is 110 Å². The minimum absolute atomic E-state index is 0.0184. The van der Waals surface area contributed by atoms with Crippen LogP contribution in [0.2, 0.25) is 0 Å². The van der Waals surface area contributed by atoms with E-state index in [1.54, 1.807) is 18.2 Å². The highest BCUT2D eigenvalue weighted by atomic mass is 16.6. The molecular formula is C15H11NO3. The van der Waals surface area contributed by atoms with Gasteiger partial charge in [-0.05, 0) is 12.1 Å². The normalized spacial score (nSPS) is 13.3. The summed E-state index contributed by atoms with van der Waals surface area (Å²) in [4.78, 5) is 11.5. The topological polar surface area (TPSA) is 61.6 Å². The van der Waals surface area contributed by atoms with Crippen molar-refractivity contribution in [1.29, 1.82) is 0 Å². The smallest absolute Gasteiger partial charge is 0.288 e. The molecule has 2 aromatic rings. The molecule has 3 rings (SSSR count). The van der Waals surface area contributed by atoms with Crippen LogP contribution in [0, 0.1) is 0 Å². The van der Waals surface area contributed by atoms with Gasteiger partial charge in [-0.25, -0.2) is 0 Å². The second-order valence-electron chi connectivity index (χ2n) is 4.04. The lowest BCUT2D eigenvalue weighted by Crippen LogP contribution is -2.24. The van der Waals surface area contributed by atoms with Gasteiger partial charge in [-0.2, -0.15) is 0 Å². The van der Waals surface area contributed by atoms with Gasteiger partial charge in [0.1, 0.15) is 0 Å². The molecule has 94 valence electrons. The first-order chi connectivity index (χ1) is 9.25. The molecule has 1 amide bonds. The Hall–Kier alpha value is -2.75. The van der Waals surface area contributed by atoms with Crippen molar-refractivity contribution in [3.63, 3.8) is 0 Å². The fourth-order valence-corrected chi connectivity index (χ4v) is 1.87. The standard InChI is InChI=1S/C15H11NO3/c16-15(17)14-13(10-6-2-1-3-7-10)18-11-8-4-5-9-12(11)19-14/h1-9H,(H2,16,17).